The number of carbonyl (C=O) groups excluding carboxylic acids is 1. The van der Waals surface area contributed by atoms with Crippen molar-refractivity contribution in [2.45, 2.75) is 11.4 Å². The maximum Gasteiger partial charge on any atom is 0.251 e. The molecule has 0 radical (unpaired) electrons. The topological polar surface area (TPSA) is 67.4 Å². The molecule has 1 aromatic heterocycles. The fourth-order valence-electron chi connectivity index (χ4n) is 3.26. The zero-order valence-corrected chi connectivity index (χ0v) is 17.7. The summed E-state index contributed by atoms with van der Waals surface area (Å²) in [7, 11) is 0. The van der Waals surface area contributed by atoms with Crippen LogP contribution < -0.4 is 10.2 Å². The Bertz CT molecular complexity index is 970. The number of aromatic nitrogens is 2. The Labute approximate surface area is 180 Å². The third-order valence-electron chi connectivity index (χ3n) is 5.04. The molecule has 1 amide bonds. The van der Waals surface area contributed by atoms with Gasteiger partial charge in [-0.1, -0.05) is 24.3 Å². The molecule has 7 heteroatoms. The molecule has 0 unspecified atom stereocenters. The summed E-state index contributed by atoms with van der Waals surface area (Å²) >= 11 is 1.70. The molecule has 0 saturated carbocycles. The molecule has 0 bridgehead atoms. The molecule has 3 aromatic rings. The normalized spacial score (nSPS) is 13.8. The minimum absolute atomic E-state index is 0.0933. The summed E-state index contributed by atoms with van der Waals surface area (Å²) < 4.78 is 5.37. The highest BCUT2D eigenvalue weighted by atomic mass is 32.2. The molecular weight excluding hydrogens is 396 g/mol. The van der Waals surface area contributed by atoms with E-state index < -0.39 is 0 Å². The van der Waals surface area contributed by atoms with E-state index in [2.05, 4.69) is 32.5 Å². The molecule has 0 atom stereocenters. The lowest BCUT2D eigenvalue weighted by Crippen LogP contribution is -2.36. The minimum atomic E-state index is -0.0933. The number of thioether (sulfide) groups is 1. The highest BCUT2D eigenvalue weighted by molar-refractivity contribution is 7.98. The van der Waals surface area contributed by atoms with E-state index >= 15 is 0 Å². The molecule has 1 N–H and O–H groups in total. The molecule has 154 valence electrons. The molecule has 0 spiro atoms. The van der Waals surface area contributed by atoms with Crippen molar-refractivity contribution in [3.05, 3.63) is 71.8 Å². The number of morpholine rings is 1. The van der Waals surface area contributed by atoms with Crippen LogP contribution in [0.25, 0.3) is 11.3 Å². The number of hydrogen-bond donors (Lipinski definition) is 1. The molecule has 2 heterocycles. The van der Waals surface area contributed by atoms with Gasteiger partial charge in [0.15, 0.2) is 5.82 Å². The van der Waals surface area contributed by atoms with Gasteiger partial charge in [-0.25, -0.2) is 0 Å². The summed E-state index contributed by atoms with van der Waals surface area (Å²) in [6.07, 6.45) is 2.05. The molecule has 1 aliphatic rings. The van der Waals surface area contributed by atoms with Crippen LogP contribution >= 0.6 is 11.8 Å². The number of nitrogens with zero attached hydrogens (tertiary/aromatic N) is 3. The largest absolute Gasteiger partial charge is 0.378 e. The first-order valence-electron chi connectivity index (χ1n) is 9.91. The number of carbonyl (C=O) groups is 1. The van der Waals surface area contributed by atoms with E-state index in [1.165, 1.54) is 4.90 Å². The minimum Gasteiger partial charge on any atom is -0.378 e. The van der Waals surface area contributed by atoms with Gasteiger partial charge < -0.3 is 15.0 Å². The average Bonchev–Trinajstić information content (AvgIpc) is 2.83. The van der Waals surface area contributed by atoms with Crippen LogP contribution in [0, 0.1) is 0 Å². The molecule has 1 saturated heterocycles. The van der Waals surface area contributed by atoms with Crippen LogP contribution in [0.2, 0.25) is 0 Å². The highest BCUT2D eigenvalue weighted by Gasteiger charge is 2.13. The predicted molar refractivity (Wildman–Crippen MR) is 120 cm³/mol. The summed E-state index contributed by atoms with van der Waals surface area (Å²) in [6.45, 7) is 3.61. The molecule has 6 nitrogen and oxygen atoms in total. The van der Waals surface area contributed by atoms with E-state index in [9.17, 15) is 4.79 Å². The second-order valence-corrected chi connectivity index (χ2v) is 7.86. The van der Waals surface area contributed by atoms with E-state index in [0.717, 1.165) is 48.9 Å². The van der Waals surface area contributed by atoms with Gasteiger partial charge in [0.2, 0.25) is 0 Å². The van der Waals surface area contributed by atoms with E-state index in [1.807, 2.05) is 54.8 Å². The predicted octanol–water partition coefficient (Wildman–Crippen LogP) is 3.63. The Morgan fingerprint density at radius 1 is 1.00 bits per heavy atom. The van der Waals surface area contributed by atoms with Gasteiger partial charge in [-0.3, -0.25) is 4.79 Å². The van der Waals surface area contributed by atoms with Crippen molar-refractivity contribution >= 4 is 23.5 Å². The molecule has 1 fully saturated rings. The Kier molecular flexibility index (Phi) is 6.61. The number of anilines is 1. The molecule has 4 rings (SSSR count). The smallest absolute Gasteiger partial charge is 0.251 e. The average molecular weight is 421 g/mol. The van der Waals surface area contributed by atoms with Crippen LogP contribution in [0.4, 0.5) is 5.82 Å². The van der Waals surface area contributed by atoms with Crippen molar-refractivity contribution in [1.82, 2.24) is 15.5 Å². The zero-order valence-electron chi connectivity index (χ0n) is 16.9. The lowest BCUT2D eigenvalue weighted by Gasteiger charge is -2.27. The first-order valence-corrected chi connectivity index (χ1v) is 11.1. The van der Waals surface area contributed by atoms with Gasteiger partial charge in [0.25, 0.3) is 5.91 Å². The van der Waals surface area contributed by atoms with E-state index in [0.29, 0.717) is 12.1 Å². The summed E-state index contributed by atoms with van der Waals surface area (Å²) in [4.78, 5) is 15.8. The fraction of sp³-hybridized carbons (Fsp3) is 0.261. The van der Waals surface area contributed by atoms with Crippen LogP contribution in [0.3, 0.4) is 0 Å². The first-order chi connectivity index (χ1) is 14.7. The standard InChI is InChI=1S/C23H24N4O2S/c1-30-20-8-2-17(3-9-20)16-24-23(28)19-6-4-18(5-7-19)21-10-11-22(26-25-21)27-12-14-29-15-13-27/h2-11H,12-16H2,1H3,(H,24,28). The van der Waals surface area contributed by atoms with Crippen LogP contribution in [0.5, 0.6) is 0 Å². The van der Waals surface area contributed by atoms with Crippen LogP contribution in [0.1, 0.15) is 15.9 Å². The number of nitrogens with one attached hydrogen (secondary N) is 1. The second-order valence-electron chi connectivity index (χ2n) is 6.98. The van der Waals surface area contributed by atoms with Crippen molar-refractivity contribution < 1.29 is 9.53 Å². The number of ether oxygens (including phenoxy) is 1. The fourth-order valence-corrected chi connectivity index (χ4v) is 3.67. The van der Waals surface area contributed by atoms with Crippen molar-refractivity contribution in [3.8, 4) is 11.3 Å². The second kappa shape index (κ2) is 9.73. The van der Waals surface area contributed by atoms with E-state index in [-0.39, 0.29) is 5.91 Å². The van der Waals surface area contributed by atoms with Crippen molar-refractivity contribution in [2.75, 3.05) is 37.5 Å². The first kappa shape index (κ1) is 20.4. The molecule has 1 aliphatic heterocycles. The summed E-state index contributed by atoms with van der Waals surface area (Å²) in [5, 5.41) is 11.7. The number of rotatable bonds is 6. The lowest BCUT2D eigenvalue weighted by atomic mass is 10.1. The van der Waals surface area contributed by atoms with Gasteiger partial charge in [0, 0.05) is 35.7 Å². The maximum absolute atomic E-state index is 12.4. The lowest BCUT2D eigenvalue weighted by molar-refractivity contribution is 0.0951. The molecule has 0 aliphatic carbocycles. The van der Waals surface area contributed by atoms with Crippen molar-refractivity contribution in [1.29, 1.82) is 0 Å². The van der Waals surface area contributed by atoms with Crippen LogP contribution in [-0.2, 0) is 11.3 Å². The van der Waals surface area contributed by atoms with Gasteiger partial charge in [-0.05, 0) is 48.2 Å². The Balaban J connectivity index is 1.36. The third-order valence-corrected chi connectivity index (χ3v) is 5.78. The Hall–Kier alpha value is -2.90. The Morgan fingerprint density at radius 3 is 2.37 bits per heavy atom. The molecule has 30 heavy (non-hydrogen) atoms. The van der Waals surface area contributed by atoms with Gasteiger partial charge in [0.05, 0.1) is 18.9 Å². The summed E-state index contributed by atoms with van der Waals surface area (Å²) in [5.41, 5.74) is 3.42. The molecule has 2 aromatic carbocycles. The van der Waals surface area contributed by atoms with Crippen LogP contribution in [-0.4, -0.2) is 48.7 Å². The summed E-state index contributed by atoms with van der Waals surface area (Å²) in [5.74, 6) is 0.771. The maximum atomic E-state index is 12.4. The van der Waals surface area contributed by atoms with E-state index in [4.69, 9.17) is 4.74 Å². The van der Waals surface area contributed by atoms with Gasteiger partial charge >= 0.3 is 0 Å². The monoisotopic (exact) mass is 420 g/mol. The number of benzene rings is 2. The zero-order chi connectivity index (χ0) is 20.8. The Morgan fingerprint density at radius 2 is 1.73 bits per heavy atom. The van der Waals surface area contributed by atoms with Gasteiger partial charge in [-0.15, -0.1) is 22.0 Å². The molecular formula is C23H24N4O2S. The highest BCUT2D eigenvalue weighted by Crippen LogP contribution is 2.20. The van der Waals surface area contributed by atoms with Crippen molar-refractivity contribution in [3.63, 3.8) is 0 Å². The SMILES string of the molecule is CSc1ccc(CNC(=O)c2ccc(-c3ccc(N4CCOCC4)nn3)cc2)cc1. The van der Waals surface area contributed by atoms with Crippen molar-refractivity contribution in [2.24, 2.45) is 0 Å². The van der Waals surface area contributed by atoms with Crippen LogP contribution in [0.15, 0.2) is 65.6 Å². The van der Waals surface area contributed by atoms with E-state index in [1.54, 1.807) is 11.8 Å². The van der Waals surface area contributed by atoms with Gasteiger partial charge in [-0.2, -0.15) is 0 Å². The third kappa shape index (κ3) is 4.98. The summed E-state index contributed by atoms with van der Waals surface area (Å²) in [6, 6.07) is 19.6. The number of amides is 1. The quantitative estimate of drug-likeness (QED) is 0.614. The van der Waals surface area contributed by atoms with Gasteiger partial charge in [0.1, 0.15) is 0 Å². The number of hydrogen-bond acceptors (Lipinski definition) is 6.